The fraction of sp³-hybridized carbons (Fsp3) is 0.292. The number of rotatable bonds is 4. The average molecular weight is 430 g/mol. The number of nitrogens with zero attached hydrogens (tertiary/aromatic N) is 4. The van der Waals surface area contributed by atoms with Crippen LogP contribution in [0.25, 0.3) is 10.9 Å². The van der Waals surface area contributed by atoms with Gasteiger partial charge in [-0.1, -0.05) is 67.2 Å². The predicted molar refractivity (Wildman–Crippen MR) is 123 cm³/mol. The predicted octanol–water partition coefficient (Wildman–Crippen LogP) is 5.27. The molecule has 0 unspecified atom stereocenters. The molecular weight excluding hydrogens is 406 g/mol. The number of fused-ring (bicyclic) bond motifs is 2. The van der Waals surface area contributed by atoms with E-state index in [-0.39, 0.29) is 11.4 Å². The van der Waals surface area contributed by atoms with Crippen molar-refractivity contribution in [3.63, 3.8) is 0 Å². The van der Waals surface area contributed by atoms with Crippen LogP contribution in [0.2, 0.25) is 0 Å². The van der Waals surface area contributed by atoms with E-state index in [1.807, 2.05) is 10.7 Å². The first-order valence-electron chi connectivity index (χ1n) is 10.8. The van der Waals surface area contributed by atoms with Crippen molar-refractivity contribution in [3.05, 3.63) is 77.2 Å². The molecule has 2 atom stereocenters. The standard InChI is InChI=1S/C24H23N5OS/c1-2-15-10-6-11-17-18(14-25-20(15)17)21-22(16-8-4-3-5-9-16)31-24-27-26-23(29(24)28-21)19-12-7-13-30-19/h3-6,8-11,14,19,22,25H,2,7,12-13H2,1H3/t19-,22-/m0/s1. The van der Waals surface area contributed by atoms with E-state index in [1.54, 1.807) is 11.8 Å². The maximum absolute atomic E-state index is 5.89. The summed E-state index contributed by atoms with van der Waals surface area (Å²) >= 11 is 1.70. The molecule has 1 saturated heterocycles. The number of thioether (sulfide) groups is 1. The average Bonchev–Trinajstić information content (AvgIpc) is 3.57. The minimum atomic E-state index is -0.0326. The molecule has 2 aliphatic rings. The van der Waals surface area contributed by atoms with Gasteiger partial charge >= 0.3 is 0 Å². The Morgan fingerprint density at radius 3 is 2.84 bits per heavy atom. The molecule has 1 fully saturated rings. The summed E-state index contributed by atoms with van der Waals surface area (Å²) in [5, 5.41) is 16.1. The zero-order valence-corrected chi connectivity index (χ0v) is 18.1. The summed E-state index contributed by atoms with van der Waals surface area (Å²) in [6.45, 7) is 2.96. The van der Waals surface area contributed by atoms with Gasteiger partial charge in [0.25, 0.3) is 0 Å². The first-order chi connectivity index (χ1) is 15.3. The molecule has 0 saturated carbocycles. The van der Waals surface area contributed by atoms with Gasteiger partial charge in [0.2, 0.25) is 5.16 Å². The van der Waals surface area contributed by atoms with Crippen LogP contribution >= 0.6 is 11.8 Å². The van der Waals surface area contributed by atoms with Crippen molar-refractivity contribution < 1.29 is 4.74 Å². The summed E-state index contributed by atoms with van der Waals surface area (Å²) in [4.78, 5) is 3.51. The lowest BCUT2D eigenvalue weighted by Gasteiger charge is -2.24. The summed E-state index contributed by atoms with van der Waals surface area (Å²) in [6, 6.07) is 17.0. The van der Waals surface area contributed by atoms with Gasteiger partial charge in [0.15, 0.2) is 5.82 Å². The minimum absolute atomic E-state index is 0.0326. The molecule has 4 heterocycles. The molecule has 1 N–H and O–H groups in total. The SMILES string of the molecule is CCc1cccc2c(C3=Nn4c(nnc4[C@@H]4CCCO4)S[C@H]3c3ccccc3)c[nH]c12. The lowest BCUT2D eigenvalue weighted by Crippen LogP contribution is -2.19. The van der Waals surface area contributed by atoms with Gasteiger partial charge in [0, 0.05) is 29.3 Å². The van der Waals surface area contributed by atoms with Crippen LogP contribution in [-0.2, 0) is 11.2 Å². The molecule has 31 heavy (non-hydrogen) atoms. The number of hydrogen-bond acceptors (Lipinski definition) is 5. The number of benzene rings is 2. The van der Waals surface area contributed by atoms with E-state index in [4.69, 9.17) is 9.84 Å². The topological polar surface area (TPSA) is 68.1 Å². The zero-order chi connectivity index (χ0) is 20.8. The number of aryl methyl sites for hydroxylation is 1. The molecule has 0 amide bonds. The Hall–Kier alpha value is -2.90. The van der Waals surface area contributed by atoms with E-state index < -0.39 is 0 Å². The quantitative estimate of drug-likeness (QED) is 0.480. The molecule has 6 rings (SSSR count). The Morgan fingerprint density at radius 2 is 2.03 bits per heavy atom. The second-order valence-electron chi connectivity index (χ2n) is 7.94. The highest BCUT2D eigenvalue weighted by molar-refractivity contribution is 8.00. The van der Waals surface area contributed by atoms with Crippen LogP contribution in [0.5, 0.6) is 0 Å². The maximum atomic E-state index is 5.89. The van der Waals surface area contributed by atoms with Crippen molar-refractivity contribution in [1.29, 1.82) is 0 Å². The Balaban J connectivity index is 1.54. The number of aromatic amines is 1. The van der Waals surface area contributed by atoms with Crippen LogP contribution in [0.1, 0.15) is 53.6 Å². The van der Waals surface area contributed by atoms with Gasteiger partial charge in [-0.2, -0.15) is 9.78 Å². The van der Waals surface area contributed by atoms with Crippen LogP contribution in [0.3, 0.4) is 0 Å². The third-order valence-electron chi connectivity index (χ3n) is 6.09. The van der Waals surface area contributed by atoms with E-state index in [1.165, 1.54) is 22.0 Å². The highest BCUT2D eigenvalue weighted by atomic mass is 32.2. The third kappa shape index (κ3) is 3.11. The van der Waals surface area contributed by atoms with Crippen LogP contribution in [-0.4, -0.2) is 32.2 Å². The number of nitrogens with one attached hydrogen (secondary N) is 1. The highest BCUT2D eigenvalue weighted by Crippen LogP contribution is 2.43. The number of aromatic nitrogens is 4. The first-order valence-corrected chi connectivity index (χ1v) is 11.7. The molecule has 156 valence electrons. The summed E-state index contributed by atoms with van der Waals surface area (Å²) in [5.74, 6) is 0.804. The Bertz CT molecular complexity index is 1270. The molecule has 0 aliphatic carbocycles. The summed E-state index contributed by atoms with van der Waals surface area (Å²) < 4.78 is 7.79. The van der Waals surface area contributed by atoms with Crippen molar-refractivity contribution in [2.75, 3.05) is 6.61 Å². The summed E-state index contributed by atoms with van der Waals surface area (Å²) in [5.41, 5.74) is 5.86. The Morgan fingerprint density at radius 1 is 1.13 bits per heavy atom. The zero-order valence-electron chi connectivity index (χ0n) is 17.3. The largest absolute Gasteiger partial charge is 0.370 e. The Labute approximate surface area is 184 Å². The van der Waals surface area contributed by atoms with E-state index in [0.29, 0.717) is 0 Å². The lowest BCUT2D eigenvalue weighted by molar-refractivity contribution is 0.102. The number of hydrogen-bond donors (Lipinski definition) is 1. The first kappa shape index (κ1) is 18.8. The van der Waals surface area contributed by atoms with E-state index in [9.17, 15) is 0 Å². The summed E-state index contributed by atoms with van der Waals surface area (Å²) in [6.07, 6.45) is 5.06. The van der Waals surface area contributed by atoms with Crippen molar-refractivity contribution in [2.45, 2.75) is 42.7 Å². The van der Waals surface area contributed by atoms with Gasteiger partial charge in [-0.25, -0.2) is 0 Å². The summed E-state index contributed by atoms with van der Waals surface area (Å²) in [7, 11) is 0. The van der Waals surface area contributed by atoms with Gasteiger partial charge in [-0.3, -0.25) is 0 Å². The van der Waals surface area contributed by atoms with Crippen molar-refractivity contribution in [1.82, 2.24) is 19.9 Å². The van der Waals surface area contributed by atoms with Crippen LogP contribution in [0.15, 0.2) is 65.0 Å². The normalized spacial score (nSPS) is 20.7. The molecule has 2 aliphatic heterocycles. The second-order valence-corrected chi connectivity index (χ2v) is 9.02. The fourth-order valence-electron chi connectivity index (χ4n) is 4.52. The van der Waals surface area contributed by atoms with Gasteiger partial charge in [-0.15, -0.1) is 10.2 Å². The molecule has 4 aromatic rings. The molecule has 7 heteroatoms. The van der Waals surface area contributed by atoms with E-state index in [2.05, 4.69) is 70.8 Å². The highest BCUT2D eigenvalue weighted by Gasteiger charge is 2.34. The van der Waals surface area contributed by atoms with Gasteiger partial charge in [-0.05, 0) is 30.4 Å². The molecular formula is C24H23N5OS. The molecule has 0 radical (unpaired) electrons. The number of para-hydroxylation sites is 1. The lowest BCUT2D eigenvalue weighted by atomic mass is 9.99. The van der Waals surface area contributed by atoms with Crippen LogP contribution < -0.4 is 0 Å². The van der Waals surface area contributed by atoms with Crippen LogP contribution in [0.4, 0.5) is 0 Å². The second kappa shape index (κ2) is 7.66. The molecule has 0 bridgehead atoms. The van der Waals surface area contributed by atoms with E-state index >= 15 is 0 Å². The molecule has 0 spiro atoms. The number of H-pyrrole nitrogens is 1. The van der Waals surface area contributed by atoms with Crippen molar-refractivity contribution >= 4 is 28.4 Å². The third-order valence-corrected chi connectivity index (χ3v) is 7.29. The smallest absolute Gasteiger partial charge is 0.213 e. The fourth-order valence-corrected chi connectivity index (χ4v) is 5.63. The molecule has 2 aromatic heterocycles. The molecule has 2 aromatic carbocycles. The maximum Gasteiger partial charge on any atom is 0.213 e. The Kier molecular flexibility index (Phi) is 4.65. The van der Waals surface area contributed by atoms with Gasteiger partial charge in [0.1, 0.15) is 6.10 Å². The van der Waals surface area contributed by atoms with Crippen molar-refractivity contribution in [3.8, 4) is 0 Å². The van der Waals surface area contributed by atoms with Crippen molar-refractivity contribution in [2.24, 2.45) is 5.10 Å². The van der Waals surface area contributed by atoms with E-state index in [0.717, 1.165) is 48.1 Å². The number of ether oxygens (including phenoxy) is 1. The monoisotopic (exact) mass is 429 g/mol. The van der Waals surface area contributed by atoms with Gasteiger partial charge in [0.05, 0.1) is 11.0 Å². The molecule has 6 nitrogen and oxygen atoms in total. The van der Waals surface area contributed by atoms with Gasteiger partial charge < -0.3 is 9.72 Å². The minimum Gasteiger partial charge on any atom is -0.370 e. The van der Waals surface area contributed by atoms with Crippen LogP contribution in [0, 0.1) is 0 Å².